The van der Waals surface area contributed by atoms with Crippen molar-refractivity contribution in [3.63, 3.8) is 0 Å². The summed E-state index contributed by atoms with van der Waals surface area (Å²) >= 11 is 1.99. The van der Waals surface area contributed by atoms with Crippen molar-refractivity contribution < 1.29 is 0 Å². The van der Waals surface area contributed by atoms with Crippen molar-refractivity contribution in [2.45, 2.75) is 36.9 Å². The minimum atomic E-state index is 0.448. The largest absolute Gasteiger partial charge is 0.333 e. The fourth-order valence-electron chi connectivity index (χ4n) is 3.41. The molecule has 0 aliphatic carbocycles. The van der Waals surface area contributed by atoms with E-state index in [-0.39, 0.29) is 0 Å². The fourth-order valence-corrected chi connectivity index (χ4v) is 4.49. The van der Waals surface area contributed by atoms with Crippen molar-refractivity contribution in [1.82, 2.24) is 14.9 Å². The molecule has 0 fully saturated rings. The SMILES string of the molecule is c1cc(CNC2CCCSc3ccccc32)cc(Cn2ccnc2)c1. The molecule has 1 aliphatic rings. The molecule has 2 heterocycles. The Kier molecular flexibility index (Phi) is 5.19. The van der Waals surface area contributed by atoms with E-state index in [1.807, 2.05) is 30.5 Å². The van der Waals surface area contributed by atoms with E-state index in [1.54, 1.807) is 0 Å². The highest BCUT2D eigenvalue weighted by atomic mass is 32.2. The summed E-state index contributed by atoms with van der Waals surface area (Å²) in [5.74, 6) is 1.22. The van der Waals surface area contributed by atoms with Gasteiger partial charge in [0.15, 0.2) is 0 Å². The monoisotopic (exact) mass is 349 g/mol. The summed E-state index contributed by atoms with van der Waals surface area (Å²) in [5, 5.41) is 3.79. The number of thioether (sulfide) groups is 1. The highest BCUT2D eigenvalue weighted by Crippen LogP contribution is 2.34. The molecule has 1 N–H and O–H groups in total. The highest BCUT2D eigenvalue weighted by molar-refractivity contribution is 7.99. The predicted molar refractivity (Wildman–Crippen MR) is 104 cm³/mol. The van der Waals surface area contributed by atoms with E-state index < -0.39 is 0 Å². The molecule has 3 nitrogen and oxygen atoms in total. The van der Waals surface area contributed by atoms with E-state index in [9.17, 15) is 0 Å². The summed E-state index contributed by atoms with van der Waals surface area (Å²) in [5.41, 5.74) is 4.11. The zero-order valence-electron chi connectivity index (χ0n) is 14.3. The van der Waals surface area contributed by atoms with E-state index in [2.05, 4.69) is 63.4 Å². The number of hydrogen-bond donors (Lipinski definition) is 1. The van der Waals surface area contributed by atoms with Crippen LogP contribution in [0.3, 0.4) is 0 Å². The maximum absolute atomic E-state index is 4.12. The van der Waals surface area contributed by atoms with E-state index in [0.717, 1.165) is 13.1 Å². The maximum Gasteiger partial charge on any atom is 0.0949 e. The molecule has 1 unspecified atom stereocenters. The van der Waals surface area contributed by atoms with Crippen LogP contribution in [-0.2, 0) is 13.1 Å². The normalized spacial score (nSPS) is 17.0. The summed E-state index contributed by atoms with van der Waals surface area (Å²) in [4.78, 5) is 5.55. The van der Waals surface area contributed by atoms with Crippen LogP contribution in [0.4, 0.5) is 0 Å². The van der Waals surface area contributed by atoms with Crippen LogP contribution >= 0.6 is 11.8 Å². The summed E-state index contributed by atoms with van der Waals surface area (Å²) in [6, 6.07) is 18.1. The molecule has 2 aromatic carbocycles. The number of imidazole rings is 1. The van der Waals surface area contributed by atoms with Crippen molar-refractivity contribution in [2.75, 3.05) is 5.75 Å². The zero-order chi connectivity index (χ0) is 16.9. The van der Waals surface area contributed by atoms with Crippen molar-refractivity contribution in [1.29, 1.82) is 0 Å². The Bertz CT molecular complexity index is 814. The summed E-state index contributed by atoms with van der Waals surface area (Å²) in [6.45, 7) is 1.78. The molecule has 0 amide bonds. The molecule has 0 bridgehead atoms. The number of rotatable bonds is 5. The number of fused-ring (bicyclic) bond motifs is 1. The van der Waals surface area contributed by atoms with Crippen LogP contribution in [0.2, 0.25) is 0 Å². The molecule has 25 heavy (non-hydrogen) atoms. The van der Waals surface area contributed by atoms with Gasteiger partial charge in [0, 0.05) is 36.4 Å². The van der Waals surface area contributed by atoms with Gasteiger partial charge in [0.2, 0.25) is 0 Å². The minimum absolute atomic E-state index is 0.448. The molecule has 0 saturated heterocycles. The van der Waals surface area contributed by atoms with E-state index >= 15 is 0 Å². The smallest absolute Gasteiger partial charge is 0.0949 e. The van der Waals surface area contributed by atoms with Crippen molar-refractivity contribution in [3.05, 3.63) is 83.9 Å². The predicted octanol–water partition coefficient (Wildman–Crippen LogP) is 4.65. The molecule has 128 valence electrons. The first-order chi connectivity index (χ1) is 12.4. The van der Waals surface area contributed by atoms with E-state index in [0.29, 0.717) is 6.04 Å². The highest BCUT2D eigenvalue weighted by Gasteiger charge is 2.18. The second kappa shape index (κ2) is 7.89. The van der Waals surface area contributed by atoms with Crippen LogP contribution < -0.4 is 5.32 Å². The Morgan fingerprint density at radius 3 is 2.96 bits per heavy atom. The van der Waals surface area contributed by atoms with E-state index in [1.165, 1.54) is 40.2 Å². The third kappa shape index (κ3) is 4.14. The first kappa shape index (κ1) is 16.4. The standard InChI is InChI=1S/C21H23N3S/c1-2-9-21-19(7-1)20(8-4-12-25-21)23-14-17-5-3-6-18(13-17)15-24-11-10-22-16-24/h1-3,5-7,9-11,13,16,20,23H,4,8,12,14-15H2. The molecule has 1 atom stereocenters. The molecule has 4 rings (SSSR count). The molecular weight excluding hydrogens is 326 g/mol. The second-order valence-electron chi connectivity index (χ2n) is 6.52. The van der Waals surface area contributed by atoms with Gasteiger partial charge in [0.25, 0.3) is 0 Å². The summed E-state index contributed by atoms with van der Waals surface area (Å²) in [6.07, 6.45) is 8.17. The summed E-state index contributed by atoms with van der Waals surface area (Å²) < 4.78 is 2.10. The number of hydrogen-bond acceptors (Lipinski definition) is 3. The lowest BCUT2D eigenvalue weighted by atomic mass is 10.0. The van der Waals surface area contributed by atoms with Crippen molar-refractivity contribution in [3.8, 4) is 0 Å². The topological polar surface area (TPSA) is 29.9 Å². The average molecular weight is 350 g/mol. The van der Waals surface area contributed by atoms with Crippen LogP contribution in [-0.4, -0.2) is 15.3 Å². The molecule has 4 heteroatoms. The van der Waals surface area contributed by atoms with Crippen molar-refractivity contribution in [2.24, 2.45) is 0 Å². The quantitative estimate of drug-likeness (QED) is 0.727. The average Bonchev–Trinajstić information content (AvgIpc) is 3.06. The van der Waals surface area contributed by atoms with Gasteiger partial charge in [-0.05, 0) is 41.4 Å². The minimum Gasteiger partial charge on any atom is -0.333 e. The molecule has 1 aliphatic heterocycles. The first-order valence-corrected chi connectivity index (χ1v) is 9.86. The lowest BCUT2D eigenvalue weighted by Gasteiger charge is -2.19. The lowest BCUT2D eigenvalue weighted by Crippen LogP contribution is -2.21. The molecule has 1 aromatic heterocycles. The Hall–Kier alpha value is -2.04. The van der Waals surface area contributed by atoms with E-state index in [4.69, 9.17) is 0 Å². The van der Waals surface area contributed by atoms with Crippen molar-refractivity contribution >= 4 is 11.8 Å². The fraction of sp³-hybridized carbons (Fsp3) is 0.286. The molecule has 0 spiro atoms. The zero-order valence-corrected chi connectivity index (χ0v) is 15.1. The van der Waals surface area contributed by atoms with Crippen LogP contribution in [0, 0.1) is 0 Å². The Labute approximate surface area is 153 Å². The van der Waals surface area contributed by atoms with Crippen LogP contribution in [0.5, 0.6) is 0 Å². The number of aromatic nitrogens is 2. The van der Waals surface area contributed by atoms with Gasteiger partial charge in [0.05, 0.1) is 6.33 Å². The number of benzene rings is 2. The molecule has 0 saturated carbocycles. The molecular formula is C21H23N3S. The Morgan fingerprint density at radius 1 is 1.12 bits per heavy atom. The second-order valence-corrected chi connectivity index (χ2v) is 7.65. The van der Waals surface area contributed by atoms with Gasteiger partial charge in [-0.15, -0.1) is 11.8 Å². The third-order valence-corrected chi connectivity index (χ3v) is 5.83. The van der Waals surface area contributed by atoms with Crippen LogP contribution in [0.15, 0.2) is 72.1 Å². The van der Waals surface area contributed by atoms with Gasteiger partial charge in [-0.25, -0.2) is 4.98 Å². The van der Waals surface area contributed by atoms with Gasteiger partial charge >= 0.3 is 0 Å². The lowest BCUT2D eigenvalue weighted by molar-refractivity contribution is 0.492. The summed E-state index contributed by atoms with van der Waals surface area (Å²) in [7, 11) is 0. The Balaban J connectivity index is 1.44. The molecule has 0 radical (unpaired) electrons. The molecule has 3 aromatic rings. The van der Waals surface area contributed by atoms with Gasteiger partial charge in [-0.3, -0.25) is 0 Å². The van der Waals surface area contributed by atoms with Gasteiger partial charge < -0.3 is 9.88 Å². The number of nitrogens with one attached hydrogen (secondary N) is 1. The van der Waals surface area contributed by atoms with Gasteiger partial charge in [0.1, 0.15) is 0 Å². The van der Waals surface area contributed by atoms with Gasteiger partial charge in [-0.2, -0.15) is 0 Å². The maximum atomic E-state index is 4.12. The van der Waals surface area contributed by atoms with Crippen LogP contribution in [0.1, 0.15) is 35.6 Å². The van der Waals surface area contributed by atoms with Gasteiger partial charge in [-0.1, -0.05) is 42.5 Å². The Morgan fingerprint density at radius 2 is 2.04 bits per heavy atom. The van der Waals surface area contributed by atoms with Crippen LogP contribution in [0.25, 0.3) is 0 Å². The first-order valence-electron chi connectivity index (χ1n) is 8.87. The number of nitrogens with zero attached hydrogens (tertiary/aromatic N) is 2. The third-order valence-electron chi connectivity index (χ3n) is 4.66.